The zero-order valence-corrected chi connectivity index (χ0v) is 14.9. The first-order valence-corrected chi connectivity index (χ1v) is 8.86. The van der Waals surface area contributed by atoms with Crippen molar-refractivity contribution in [2.45, 2.75) is 64.7 Å². The number of phenols is 1. The Kier molecular flexibility index (Phi) is 10.3. The van der Waals surface area contributed by atoms with Gasteiger partial charge < -0.3 is 9.84 Å². The smallest absolute Gasteiger partial charge is 0.240 e. The van der Waals surface area contributed by atoms with E-state index in [0.717, 1.165) is 12.8 Å². The molecule has 0 unspecified atom stereocenters. The minimum absolute atomic E-state index is 0.0479. The van der Waals surface area contributed by atoms with Crippen molar-refractivity contribution in [3.63, 3.8) is 0 Å². The Bertz CT molecular complexity index is 515. The van der Waals surface area contributed by atoms with E-state index in [4.69, 9.17) is 4.74 Å². The van der Waals surface area contributed by atoms with Crippen molar-refractivity contribution >= 4 is 12.1 Å². The van der Waals surface area contributed by atoms with E-state index in [1.165, 1.54) is 57.9 Å². The van der Waals surface area contributed by atoms with Crippen LogP contribution in [0.2, 0.25) is 0 Å². The molecule has 0 radical (unpaired) electrons. The molecule has 0 heterocycles. The van der Waals surface area contributed by atoms with E-state index in [1.807, 2.05) is 0 Å². The van der Waals surface area contributed by atoms with Crippen LogP contribution in [0.25, 0.3) is 0 Å². The molecular formula is C19H30N2O3. The Morgan fingerprint density at radius 3 is 2.46 bits per heavy atom. The van der Waals surface area contributed by atoms with Gasteiger partial charge in [-0.2, -0.15) is 5.10 Å². The fourth-order valence-electron chi connectivity index (χ4n) is 2.44. The number of ether oxygens (including phenoxy) is 1. The molecule has 0 fully saturated rings. The molecule has 0 aliphatic carbocycles. The van der Waals surface area contributed by atoms with Gasteiger partial charge in [-0.15, -0.1) is 0 Å². The van der Waals surface area contributed by atoms with Gasteiger partial charge in [-0.25, -0.2) is 5.43 Å². The number of rotatable bonds is 12. The molecule has 0 bridgehead atoms. The highest BCUT2D eigenvalue weighted by Crippen LogP contribution is 2.25. The maximum absolute atomic E-state index is 11.7. The predicted molar refractivity (Wildman–Crippen MR) is 97.6 cm³/mol. The Labute approximate surface area is 145 Å². The van der Waals surface area contributed by atoms with E-state index in [-0.39, 0.29) is 11.7 Å². The Balaban J connectivity index is 2.14. The SMILES string of the molecule is CCCCCCCCCCC(=O)N/N=C/c1ccc(OC)c(O)c1. The molecule has 0 saturated heterocycles. The van der Waals surface area contributed by atoms with E-state index >= 15 is 0 Å². The van der Waals surface area contributed by atoms with Crippen LogP contribution in [0.3, 0.4) is 0 Å². The maximum atomic E-state index is 11.7. The largest absolute Gasteiger partial charge is 0.504 e. The van der Waals surface area contributed by atoms with E-state index < -0.39 is 0 Å². The second kappa shape index (κ2) is 12.4. The lowest BCUT2D eigenvalue weighted by atomic mass is 10.1. The summed E-state index contributed by atoms with van der Waals surface area (Å²) < 4.78 is 4.97. The number of phenolic OH excluding ortho intramolecular Hbond substituents is 1. The van der Waals surface area contributed by atoms with Gasteiger partial charge in [0.1, 0.15) is 0 Å². The van der Waals surface area contributed by atoms with Crippen LogP contribution < -0.4 is 10.2 Å². The highest BCUT2D eigenvalue weighted by molar-refractivity contribution is 5.83. The van der Waals surface area contributed by atoms with E-state index in [2.05, 4.69) is 17.5 Å². The van der Waals surface area contributed by atoms with Gasteiger partial charge in [-0.3, -0.25) is 4.79 Å². The average molecular weight is 334 g/mol. The molecule has 2 N–H and O–H groups in total. The highest BCUT2D eigenvalue weighted by atomic mass is 16.5. The number of benzene rings is 1. The summed E-state index contributed by atoms with van der Waals surface area (Å²) in [4.78, 5) is 11.7. The van der Waals surface area contributed by atoms with Crippen LogP contribution in [-0.4, -0.2) is 24.3 Å². The van der Waals surface area contributed by atoms with Gasteiger partial charge in [-0.1, -0.05) is 51.9 Å². The number of aromatic hydroxyl groups is 1. The standard InChI is InChI=1S/C19H30N2O3/c1-3-4-5-6-7-8-9-10-11-19(23)21-20-15-16-12-13-18(24-2)17(22)14-16/h12-15,22H,3-11H2,1-2H3,(H,21,23)/b20-15+. The van der Waals surface area contributed by atoms with Gasteiger partial charge >= 0.3 is 0 Å². The quantitative estimate of drug-likeness (QED) is 0.338. The molecule has 1 aromatic rings. The molecule has 1 amide bonds. The summed E-state index contributed by atoms with van der Waals surface area (Å²) in [6.45, 7) is 2.22. The van der Waals surface area contributed by atoms with Crippen LogP contribution in [-0.2, 0) is 4.79 Å². The number of hydrazone groups is 1. The third-order valence-electron chi connectivity index (χ3n) is 3.86. The van der Waals surface area contributed by atoms with Gasteiger partial charge in [0, 0.05) is 6.42 Å². The summed E-state index contributed by atoms with van der Waals surface area (Å²) in [5, 5.41) is 13.6. The van der Waals surface area contributed by atoms with Crippen molar-refractivity contribution in [3.8, 4) is 11.5 Å². The summed E-state index contributed by atoms with van der Waals surface area (Å²) in [5.74, 6) is 0.382. The second-order valence-corrected chi connectivity index (χ2v) is 5.95. The summed E-state index contributed by atoms with van der Waals surface area (Å²) in [6.07, 6.45) is 11.7. The zero-order chi connectivity index (χ0) is 17.6. The number of nitrogens with zero attached hydrogens (tertiary/aromatic N) is 1. The Hall–Kier alpha value is -2.04. The first-order valence-electron chi connectivity index (χ1n) is 8.86. The highest BCUT2D eigenvalue weighted by Gasteiger charge is 2.02. The molecule has 0 atom stereocenters. The first-order chi connectivity index (χ1) is 11.7. The third-order valence-corrected chi connectivity index (χ3v) is 3.86. The molecule has 0 spiro atoms. The van der Waals surface area contributed by atoms with Crippen molar-refractivity contribution in [2.24, 2.45) is 5.10 Å². The van der Waals surface area contributed by atoms with Gasteiger partial charge in [-0.05, 0) is 30.2 Å². The third kappa shape index (κ3) is 8.56. The molecule has 1 aromatic carbocycles. The average Bonchev–Trinajstić information content (AvgIpc) is 2.57. The summed E-state index contributed by atoms with van der Waals surface area (Å²) in [7, 11) is 1.49. The van der Waals surface area contributed by atoms with Crippen LogP contribution in [0.1, 0.15) is 70.3 Å². The lowest BCUT2D eigenvalue weighted by molar-refractivity contribution is -0.121. The lowest BCUT2D eigenvalue weighted by Gasteiger charge is -2.03. The van der Waals surface area contributed by atoms with E-state index in [9.17, 15) is 9.90 Å². The zero-order valence-electron chi connectivity index (χ0n) is 14.9. The molecule has 134 valence electrons. The van der Waals surface area contributed by atoms with Crippen molar-refractivity contribution in [3.05, 3.63) is 23.8 Å². The normalized spacial score (nSPS) is 10.9. The first kappa shape index (κ1) is 20.0. The fraction of sp³-hybridized carbons (Fsp3) is 0.579. The molecule has 24 heavy (non-hydrogen) atoms. The second-order valence-electron chi connectivity index (χ2n) is 5.95. The number of hydrogen-bond acceptors (Lipinski definition) is 4. The molecule has 5 heteroatoms. The van der Waals surface area contributed by atoms with Gasteiger partial charge in [0.05, 0.1) is 13.3 Å². The van der Waals surface area contributed by atoms with E-state index in [0.29, 0.717) is 17.7 Å². The fourth-order valence-corrected chi connectivity index (χ4v) is 2.44. The van der Waals surface area contributed by atoms with Gasteiger partial charge in [0.15, 0.2) is 11.5 Å². The van der Waals surface area contributed by atoms with Gasteiger partial charge in [0.25, 0.3) is 0 Å². The van der Waals surface area contributed by atoms with E-state index in [1.54, 1.807) is 12.1 Å². The maximum Gasteiger partial charge on any atom is 0.240 e. The molecule has 5 nitrogen and oxygen atoms in total. The summed E-state index contributed by atoms with van der Waals surface area (Å²) in [5.41, 5.74) is 3.21. The Morgan fingerprint density at radius 1 is 1.17 bits per heavy atom. The van der Waals surface area contributed by atoms with Crippen LogP contribution >= 0.6 is 0 Å². The van der Waals surface area contributed by atoms with Crippen LogP contribution in [0.15, 0.2) is 23.3 Å². The summed E-state index contributed by atoms with van der Waals surface area (Å²) >= 11 is 0. The number of hydrogen-bond donors (Lipinski definition) is 2. The number of amides is 1. The molecule has 0 aliphatic heterocycles. The van der Waals surface area contributed by atoms with Crippen molar-refractivity contribution in [1.82, 2.24) is 5.43 Å². The Morgan fingerprint density at radius 2 is 1.83 bits per heavy atom. The molecule has 0 saturated carbocycles. The molecule has 0 aliphatic rings. The number of carbonyl (C=O) groups is 1. The lowest BCUT2D eigenvalue weighted by Crippen LogP contribution is -2.16. The molecule has 1 rings (SSSR count). The number of methoxy groups -OCH3 is 1. The number of nitrogens with one attached hydrogen (secondary N) is 1. The van der Waals surface area contributed by atoms with Crippen LogP contribution in [0.5, 0.6) is 11.5 Å². The topological polar surface area (TPSA) is 70.9 Å². The molecular weight excluding hydrogens is 304 g/mol. The predicted octanol–water partition coefficient (Wildman–Crippen LogP) is 4.38. The minimum atomic E-state index is -0.0741. The monoisotopic (exact) mass is 334 g/mol. The minimum Gasteiger partial charge on any atom is -0.504 e. The van der Waals surface area contributed by atoms with Crippen LogP contribution in [0.4, 0.5) is 0 Å². The van der Waals surface area contributed by atoms with Crippen molar-refractivity contribution < 1.29 is 14.6 Å². The number of carbonyl (C=O) groups excluding carboxylic acids is 1. The van der Waals surface area contributed by atoms with Crippen molar-refractivity contribution in [1.29, 1.82) is 0 Å². The van der Waals surface area contributed by atoms with Crippen LogP contribution in [0, 0.1) is 0 Å². The molecule has 0 aromatic heterocycles. The van der Waals surface area contributed by atoms with Crippen molar-refractivity contribution in [2.75, 3.05) is 7.11 Å². The van der Waals surface area contributed by atoms with Gasteiger partial charge in [0.2, 0.25) is 5.91 Å². The summed E-state index contributed by atoms with van der Waals surface area (Å²) in [6, 6.07) is 4.94. The number of unbranched alkanes of at least 4 members (excludes halogenated alkanes) is 7.